The molecule has 13 heteroatoms. The highest BCUT2D eigenvalue weighted by Gasteiger charge is 2.30. The van der Waals surface area contributed by atoms with Gasteiger partial charge < -0.3 is 31.7 Å². The van der Waals surface area contributed by atoms with Crippen LogP contribution in [0.15, 0.2) is 96.4 Å². The Morgan fingerprint density at radius 3 is 2.00 bits per heavy atom. The molecule has 3 heterocycles. The van der Waals surface area contributed by atoms with Crippen molar-refractivity contribution in [2.24, 2.45) is 0 Å². The Balaban J connectivity index is 1.42. The Hall–Kier alpha value is -5.82. The molecule has 12 nitrogen and oxygen atoms in total. The second kappa shape index (κ2) is 17.2. The average Bonchev–Trinajstić information content (AvgIpc) is 3.64. The van der Waals surface area contributed by atoms with Crippen molar-refractivity contribution in [1.82, 2.24) is 21.3 Å². The number of benzene rings is 3. The molecule has 3 aromatic carbocycles. The molecule has 6 rings (SSSR count). The van der Waals surface area contributed by atoms with Crippen LogP contribution in [-0.4, -0.2) is 64.8 Å². The molecule has 0 spiro atoms. The quantitative estimate of drug-likeness (QED) is 0.166. The van der Waals surface area contributed by atoms with Crippen LogP contribution in [0.3, 0.4) is 0 Å². The number of fused-ring (bicyclic) bond motifs is 18. The van der Waals surface area contributed by atoms with Gasteiger partial charge in [-0.2, -0.15) is 0 Å². The van der Waals surface area contributed by atoms with Crippen LogP contribution >= 0.6 is 11.3 Å². The second-order valence-electron chi connectivity index (χ2n) is 12.3. The van der Waals surface area contributed by atoms with E-state index in [0.717, 1.165) is 21.6 Å². The first kappa shape index (κ1) is 36.5. The van der Waals surface area contributed by atoms with E-state index in [2.05, 4.69) is 26.6 Å². The summed E-state index contributed by atoms with van der Waals surface area (Å²) < 4.78 is 0. The molecule has 51 heavy (non-hydrogen) atoms. The zero-order valence-electron chi connectivity index (χ0n) is 27.9. The summed E-state index contributed by atoms with van der Waals surface area (Å²) in [5, 5.41) is 25.0. The second-order valence-corrected chi connectivity index (χ2v) is 13.3. The maximum atomic E-state index is 13.9. The molecule has 0 unspecified atom stereocenters. The molecule has 264 valence electrons. The lowest BCUT2D eigenvalue weighted by Gasteiger charge is -2.25. The fourth-order valence-corrected chi connectivity index (χ4v) is 6.33. The Labute approximate surface area is 299 Å². The lowest BCUT2D eigenvalue weighted by Crippen LogP contribution is -2.58. The van der Waals surface area contributed by atoms with Gasteiger partial charge in [0.15, 0.2) is 0 Å². The largest absolute Gasteiger partial charge is 0.480 e. The van der Waals surface area contributed by atoms with Crippen LogP contribution in [0.1, 0.15) is 35.8 Å². The highest BCUT2D eigenvalue weighted by atomic mass is 32.1. The van der Waals surface area contributed by atoms with Gasteiger partial charge in [0, 0.05) is 42.7 Å². The number of rotatable bonds is 6. The standard InChI is InChI=1S/C38H39N5O7S/c1-23-35(46)43-32(38(49)50)21-25-11-15-28(16-12-25)40-33(44)17-18-34(45)41-31(22-29-8-5-19-51-29)37(48)42-30(36(47)39-23)20-24-9-13-27(14-10-24)26-6-3-2-4-7-26/h2-16,19,23,30-32H,17-18,20-22H2,1H3,(H,39,47)(H,40,44)(H,41,45)(H,42,48)(H,43,46)(H,49,50)/t23-,30+,31-,32-/m1/s1. The number of anilines is 1. The lowest BCUT2D eigenvalue weighted by atomic mass is 9.99. The van der Waals surface area contributed by atoms with E-state index >= 15 is 0 Å². The van der Waals surface area contributed by atoms with E-state index in [-0.39, 0.29) is 32.1 Å². The number of carboxylic acids is 1. The van der Waals surface area contributed by atoms with E-state index in [1.807, 2.05) is 72.1 Å². The maximum absolute atomic E-state index is 13.9. The van der Waals surface area contributed by atoms with E-state index < -0.39 is 59.7 Å². The van der Waals surface area contributed by atoms with Crippen molar-refractivity contribution in [2.45, 2.75) is 63.2 Å². The summed E-state index contributed by atoms with van der Waals surface area (Å²) in [4.78, 5) is 79.4. The summed E-state index contributed by atoms with van der Waals surface area (Å²) in [6.07, 6.45) is -0.214. The van der Waals surface area contributed by atoms with Crippen LogP contribution in [-0.2, 0) is 48.0 Å². The summed E-state index contributed by atoms with van der Waals surface area (Å²) in [6, 6.07) is 22.6. The predicted molar refractivity (Wildman–Crippen MR) is 193 cm³/mol. The zero-order valence-corrected chi connectivity index (χ0v) is 28.7. The van der Waals surface area contributed by atoms with E-state index in [4.69, 9.17) is 0 Å². The van der Waals surface area contributed by atoms with Crippen molar-refractivity contribution in [2.75, 3.05) is 5.32 Å². The summed E-state index contributed by atoms with van der Waals surface area (Å²) in [5.74, 6) is -4.25. The molecule has 0 fully saturated rings. The van der Waals surface area contributed by atoms with Gasteiger partial charge in [-0.15, -0.1) is 11.3 Å². The van der Waals surface area contributed by atoms with Crippen molar-refractivity contribution in [3.05, 3.63) is 112 Å². The minimum Gasteiger partial charge on any atom is -0.480 e. The van der Waals surface area contributed by atoms with Crippen molar-refractivity contribution in [3.8, 4) is 11.1 Å². The van der Waals surface area contributed by atoms with Crippen LogP contribution in [0.2, 0.25) is 0 Å². The van der Waals surface area contributed by atoms with Gasteiger partial charge in [-0.05, 0) is 52.8 Å². The number of amides is 5. The summed E-state index contributed by atoms with van der Waals surface area (Å²) in [7, 11) is 0. The number of hydrogen-bond acceptors (Lipinski definition) is 7. The maximum Gasteiger partial charge on any atom is 0.326 e. The third-order valence-corrected chi connectivity index (χ3v) is 9.29. The number of aliphatic carboxylic acids is 1. The van der Waals surface area contributed by atoms with Crippen LogP contribution in [0.4, 0.5) is 5.69 Å². The van der Waals surface area contributed by atoms with Crippen LogP contribution < -0.4 is 26.6 Å². The van der Waals surface area contributed by atoms with Crippen molar-refractivity contribution in [3.63, 3.8) is 0 Å². The molecule has 2 bridgehead atoms. The fourth-order valence-electron chi connectivity index (χ4n) is 5.57. The third kappa shape index (κ3) is 10.6. The third-order valence-electron chi connectivity index (χ3n) is 8.39. The minimum absolute atomic E-state index is 0.0500. The molecule has 4 atom stereocenters. The van der Waals surface area contributed by atoms with E-state index in [0.29, 0.717) is 11.3 Å². The number of thiophene rings is 1. The van der Waals surface area contributed by atoms with Gasteiger partial charge in [0.05, 0.1) is 0 Å². The lowest BCUT2D eigenvalue weighted by molar-refractivity contribution is -0.142. The first-order valence-electron chi connectivity index (χ1n) is 16.5. The van der Waals surface area contributed by atoms with Crippen LogP contribution in [0, 0.1) is 0 Å². The molecule has 1 aromatic heterocycles. The minimum atomic E-state index is -1.31. The molecule has 2 aliphatic heterocycles. The van der Waals surface area contributed by atoms with Gasteiger partial charge in [0.1, 0.15) is 24.2 Å². The van der Waals surface area contributed by atoms with Gasteiger partial charge in [-0.1, -0.05) is 72.8 Å². The van der Waals surface area contributed by atoms with E-state index in [1.54, 1.807) is 24.3 Å². The van der Waals surface area contributed by atoms with E-state index in [1.165, 1.54) is 18.3 Å². The van der Waals surface area contributed by atoms with Gasteiger partial charge >= 0.3 is 5.97 Å². The predicted octanol–water partition coefficient (Wildman–Crippen LogP) is 3.22. The fraction of sp³-hybridized carbons (Fsp3) is 0.263. The first-order chi connectivity index (χ1) is 24.5. The van der Waals surface area contributed by atoms with Gasteiger partial charge in [0.2, 0.25) is 29.5 Å². The van der Waals surface area contributed by atoms with Crippen molar-refractivity contribution in [1.29, 1.82) is 0 Å². The van der Waals surface area contributed by atoms with Crippen LogP contribution in [0.5, 0.6) is 0 Å². The Morgan fingerprint density at radius 1 is 0.686 bits per heavy atom. The number of carbonyl (C=O) groups is 6. The Morgan fingerprint density at radius 2 is 1.33 bits per heavy atom. The van der Waals surface area contributed by atoms with Gasteiger partial charge in [-0.25, -0.2) is 4.79 Å². The van der Waals surface area contributed by atoms with Gasteiger partial charge in [-0.3, -0.25) is 24.0 Å². The molecule has 0 radical (unpaired) electrons. The van der Waals surface area contributed by atoms with Crippen LogP contribution in [0.25, 0.3) is 11.1 Å². The molecule has 0 aliphatic carbocycles. The van der Waals surface area contributed by atoms with Crippen molar-refractivity contribution < 1.29 is 33.9 Å². The monoisotopic (exact) mass is 709 g/mol. The molecule has 6 N–H and O–H groups in total. The molecular weight excluding hydrogens is 671 g/mol. The highest BCUT2D eigenvalue weighted by molar-refractivity contribution is 7.09. The molecule has 2 aliphatic rings. The molecule has 5 amide bonds. The summed E-state index contributed by atoms with van der Waals surface area (Å²) in [6.45, 7) is 1.42. The number of carbonyl (C=O) groups excluding carboxylic acids is 5. The SMILES string of the molecule is C[C@H]1NC(=O)[C@H](Cc2ccc(-c3ccccc3)cc2)NC(=O)[C@@H](Cc2cccs2)NC(=O)CCC(=O)Nc2ccc(cc2)C[C@H](C(=O)O)NC1=O. The first-order valence-corrected chi connectivity index (χ1v) is 17.4. The molecular formula is C38H39N5O7S. The van der Waals surface area contributed by atoms with Gasteiger partial charge in [0.25, 0.3) is 0 Å². The summed E-state index contributed by atoms with van der Waals surface area (Å²) >= 11 is 1.40. The molecule has 0 saturated heterocycles. The highest BCUT2D eigenvalue weighted by Crippen LogP contribution is 2.20. The average molecular weight is 710 g/mol. The smallest absolute Gasteiger partial charge is 0.326 e. The zero-order chi connectivity index (χ0) is 36.3. The van der Waals surface area contributed by atoms with E-state index in [9.17, 15) is 33.9 Å². The Kier molecular flexibility index (Phi) is 12.3. The number of hydrogen-bond donors (Lipinski definition) is 6. The topological polar surface area (TPSA) is 183 Å². The van der Waals surface area contributed by atoms with Crippen molar-refractivity contribution >= 4 is 52.5 Å². The Bertz CT molecular complexity index is 1850. The molecule has 0 saturated carbocycles. The number of nitrogens with one attached hydrogen (secondary N) is 5. The normalized spacial score (nSPS) is 20.9. The number of carboxylic acid groups (broad SMARTS) is 1. The summed E-state index contributed by atoms with van der Waals surface area (Å²) in [5.41, 5.74) is 3.72. The molecule has 4 aromatic rings.